The van der Waals surface area contributed by atoms with Gasteiger partial charge in [-0.25, -0.2) is 4.98 Å². The summed E-state index contributed by atoms with van der Waals surface area (Å²) in [5.41, 5.74) is 0.936. The maximum Gasteiger partial charge on any atom is 0.269 e. The van der Waals surface area contributed by atoms with Gasteiger partial charge in [0.15, 0.2) is 5.82 Å². The Morgan fingerprint density at radius 3 is 2.56 bits per heavy atom. The third-order valence-corrected chi connectivity index (χ3v) is 1.96. The van der Waals surface area contributed by atoms with Crippen LogP contribution in [0.3, 0.4) is 0 Å². The summed E-state index contributed by atoms with van der Waals surface area (Å²) in [7, 11) is 0. The Morgan fingerprint density at radius 1 is 1.25 bits per heavy atom. The molecule has 0 bridgehead atoms. The molecule has 1 N–H and O–H groups in total. The Morgan fingerprint density at radius 2 is 2.00 bits per heavy atom. The molecule has 0 spiro atoms. The second-order valence-corrected chi connectivity index (χ2v) is 3.04. The summed E-state index contributed by atoms with van der Waals surface area (Å²) in [5.74, 6) is 0.568. The van der Waals surface area contributed by atoms with E-state index in [0.29, 0.717) is 5.82 Å². The van der Waals surface area contributed by atoms with Crippen molar-refractivity contribution in [3.05, 3.63) is 52.1 Å². The first kappa shape index (κ1) is 10.0. The molecule has 0 fully saturated rings. The van der Waals surface area contributed by atoms with Gasteiger partial charge in [-0.1, -0.05) is 6.08 Å². The van der Waals surface area contributed by atoms with Crippen LogP contribution in [-0.2, 0) is 0 Å². The standard InChI is InChI=1S/C10H8N4O2/c15-14(16)9-4-1-8(2-5-9)3-6-10-11-7-12-13-10/h1-7H,(H,11,12,13). The van der Waals surface area contributed by atoms with Crippen molar-refractivity contribution in [2.75, 3.05) is 0 Å². The van der Waals surface area contributed by atoms with Crippen LogP contribution in [-0.4, -0.2) is 20.1 Å². The molecule has 16 heavy (non-hydrogen) atoms. The van der Waals surface area contributed by atoms with Crippen LogP contribution in [0.25, 0.3) is 12.2 Å². The van der Waals surface area contributed by atoms with E-state index in [9.17, 15) is 10.1 Å². The van der Waals surface area contributed by atoms with Gasteiger partial charge in [0, 0.05) is 12.1 Å². The second kappa shape index (κ2) is 4.35. The van der Waals surface area contributed by atoms with Crippen LogP contribution in [0.2, 0.25) is 0 Å². The second-order valence-electron chi connectivity index (χ2n) is 3.04. The highest BCUT2D eigenvalue weighted by atomic mass is 16.6. The van der Waals surface area contributed by atoms with E-state index in [-0.39, 0.29) is 5.69 Å². The number of hydrogen-bond acceptors (Lipinski definition) is 4. The topological polar surface area (TPSA) is 84.7 Å². The van der Waals surface area contributed by atoms with Crippen molar-refractivity contribution in [2.45, 2.75) is 0 Å². The fourth-order valence-electron chi connectivity index (χ4n) is 1.18. The van der Waals surface area contributed by atoms with Crippen LogP contribution in [0.5, 0.6) is 0 Å². The number of non-ortho nitro benzene ring substituents is 1. The number of aromatic amines is 1. The van der Waals surface area contributed by atoms with Crippen molar-refractivity contribution in [3.8, 4) is 0 Å². The molecule has 1 aromatic carbocycles. The summed E-state index contributed by atoms with van der Waals surface area (Å²) in [5, 5.41) is 16.9. The minimum atomic E-state index is -0.428. The largest absolute Gasteiger partial charge is 0.269 e. The van der Waals surface area contributed by atoms with Gasteiger partial charge in [0.1, 0.15) is 6.33 Å². The number of nitrogens with one attached hydrogen (secondary N) is 1. The van der Waals surface area contributed by atoms with Gasteiger partial charge >= 0.3 is 0 Å². The van der Waals surface area contributed by atoms with Gasteiger partial charge in [-0.05, 0) is 23.8 Å². The molecule has 0 saturated heterocycles. The number of nitro benzene ring substituents is 1. The highest BCUT2D eigenvalue weighted by Gasteiger charge is 2.02. The summed E-state index contributed by atoms with van der Waals surface area (Å²) in [6.45, 7) is 0. The first-order chi connectivity index (χ1) is 7.75. The lowest BCUT2D eigenvalue weighted by atomic mass is 10.2. The average Bonchev–Trinajstić information content (AvgIpc) is 2.80. The van der Waals surface area contributed by atoms with Crippen molar-refractivity contribution in [2.24, 2.45) is 0 Å². The third kappa shape index (κ3) is 2.30. The van der Waals surface area contributed by atoms with Gasteiger partial charge in [-0.3, -0.25) is 15.2 Å². The highest BCUT2D eigenvalue weighted by molar-refractivity contribution is 5.66. The van der Waals surface area contributed by atoms with E-state index in [2.05, 4.69) is 15.2 Å². The van der Waals surface area contributed by atoms with Crippen molar-refractivity contribution in [1.82, 2.24) is 15.2 Å². The van der Waals surface area contributed by atoms with Crippen molar-refractivity contribution in [3.63, 3.8) is 0 Å². The molecule has 0 aliphatic heterocycles. The predicted octanol–water partition coefficient (Wildman–Crippen LogP) is 1.88. The molecule has 0 amide bonds. The lowest BCUT2D eigenvalue weighted by Crippen LogP contribution is -1.86. The monoisotopic (exact) mass is 216 g/mol. The number of benzene rings is 1. The quantitative estimate of drug-likeness (QED) is 0.627. The predicted molar refractivity (Wildman–Crippen MR) is 58.4 cm³/mol. The van der Waals surface area contributed by atoms with Gasteiger partial charge in [-0.15, -0.1) is 0 Å². The number of nitro groups is 1. The molecule has 2 aromatic rings. The fourth-order valence-corrected chi connectivity index (χ4v) is 1.18. The lowest BCUT2D eigenvalue weighted by Gasteiger charge is -1.92. The average molecular weight is 216 g/mol. The van der Waals surface area contributed by atoms with Crippen molar-refractivity contribution in [1.29, 1.82) is 0 Å². The van der Waals surface area contributed by atoms with Crippen molar-refractivity contribution >= 4 is 17.8 Å². The van der Waals surface area contributed by atoms with Crippen LogP contribution in [0, 0.1) is 10.1 Å². The molecular formula is C10H8N4O2. The number of nitrogens with zero attached hydrogens (tertiary/aromatic N) is 3. The molecule has 0 saturated carbocycles. The maximum absolute atomic E-state index is 10.4. The minimum Gasteiger partial charge on any atom is -0.266 e. The van der Waals surface area contributed by atoms with E-state index in [1.807, 2.05) is 0 Å². The van der Waals surface area contributed by atoms with Gasteiger partial charge in [-0.2, -0.15) is 5.10 Å². The Labute approximate surface area is 90.8 Å². The zero-order valence-electron chi connectivity index (χ0n) is 8.20. The van der Waals surface area contributed by atoms with E-state index < -0.39 is 4.92 Å². The molecule has 0 aliphatic carbocycles. The molecule has 0 atom stereocenters. The first-order valence-corrected chi connectivity index (χ1v) is 4.54. The van der Waals surface area contributed by atoms with Crippen LogP contribution in [0.1, 0.15) is 11.4 Å². The Hall–Kier alpha value is -2.50. The summed E-state index contributed by atoms with van der Waals surface area (Å²) < 4.78 is 0. The number of rotatable bonds is 3. The summed E-state index contributed by atoms with van der Waals surface area (Å²) >= 11 is 0. The smallest absolute Gasteiger partial charge is 0.266 e. The zero-order valence-corrected chi connectivity index (χ0v) is 8.20. The molecular weight excluding hydrogens is 208 g/mol. The van der Waals surface area contributed by atoms with Gasteiger partial charge < -0.3 is 0 Å². The first-order valence-electron chi connectivity index (χ1n) is 4.54. The zero-order chi connectivity index (χ0) is 11.4. The van der Waals surface area contributed by atoms with Gasteiger partial charge in [0.25, 0.3) is 5.69 Å². The molecule has 0 radical (unpaired) electrons. The fraction of sp³-hybridized carbons (Fsp3) is 0. The summed E-state index contributed by atoms with van der Waals surface area (Å²) in [6, 6.07) is 6.25. The van der Waals surface area contributed by atoms with E-state index >= 15 is 0 Å². The van der Waals surface area contributed by atoms with Gasteiger partial charge in [0.2, 0.25) is 0 Å². The molecule has 0 aliphatic rings. The van der Waals surface area contributed by atoms with E-state index in [1.54, 1.807) is 24.3 Å². The maximum atomic E-state index is 10.4. The molecule has 0 unspecified atom stereocenters. The van der Waals surface area contributed by atoms with Crippen LogP contribution >= 0.6 is 0 Å². The summed E-state index contributed by atoms with van der Waals surface area (Å²) in [6.07, 6.45) is 4.99. The SMILES string of the molecule is O=[N+]([O-])c1ccc(C=Cc2nc[nH]n2)cc1. The number of aromatic nitrogens is 3. The Balaban J connectivity index is 2.14. The minimum absolute atomic E-state index is 0.0787. The van der Waals surface area contributed by atoms with E-state index in [1.165, 1.54) is 18.5 Å². The van der Waals surface area contributed by atoms with Crippen LogP contribution in [0.4, 0.5) is 5.69 Å². The molecule has 1 aromatic heterocycles. The lowest BCUT2D eigenvalue weighted by molar-refractivity contribution is -0.384. The Bertz CT molecular complexity index is 502. The van der Waals surface area contributed by atoms with Crippen LogP contribution < -0.4 is 0 Å². The molecule has 6 heteroatoms. The van der Waals surface area contributed by atoms with E-state index in [4.69, 9.17) is 0 Å². The molecule has 6 nitrogen and oxygen atoms in total. The normalized spacial score (nSPS) is 10.8. The van der Waals surface area contributed by atoms with Gasteiger partial charge in [0.05, 0.1) is 4.92 Å². The van der Waals surface area contributed by atoms with Crippen LogP contribution in [0.15, 0.2) is 30.6 Å². The third-order valence-electron chi connectivity index (χ3n) is 1.96. The number of hydrogen-bond donors (Lipinski definition) is 1. The number of H-pyrrole nitrogens is 1. The summed E-state index contributed by atoms with van der Waals surface area (Å²) in [4.78, 5) is 13.9. The highest BCUT2D eigenvalue weighted by Crippen LogP contribution is 2.13. The molecule has 80 valence electrons. The van der Waals surface area contributed by atoms with E-state index in [0.717, 1.165) is 5.56 Å². The molecule has 1 heterocycles. The van der Waals surface area contributed by atoms with Crippen molar-refractivity contribution < 1.29 is 4.92 Å². The molecule has 2 rings (SSSR count). The Kier molecular flexibility index (Phi) is 2.73.